The lowest BCUT2D eigenvalue weighted by atomic mass is 9.74. The van der Waals surface area contributed by atoms with Gasteiger partial charge in [-0.15, -0.1) is 0 Å². The lowest BCUT2D eigenvalue weighted by Crippen LogP contribution is -2.40. The highest BCUT2D eigenvalue weighted by atomic mass is 35.5. The highest BCUT2D eigenvalue weighted by Crippen LogP contribution is 2.36. The van der Waals surface area contributed by atoms with Crippen LogP contribution in [0.25, 0.3) is 6.08 Å². The summed E-state index contributed by atoms with van der Waals surface area (Å²) >= 11 is 5.79. The number of benzene rings is 1. The highest BCUT2D eigenvalue weighted by molar-refractivity contribution is 6.30. The van der Waals surface area contributed by atoms with Gasteiger partial charge >= 0.3 is 5.97 Å². The maximum Gasteiger partial charge on any atom is 0.330 e. The largest absolute Gasteiger partial charge is 0.466 e. The third-order valence-electron chi connectivity index (χ3n) is 4.58. The smallest absolute Gasteiger partial charge is 0.330 e. The molecule has 0 amide bonds. The summed E-state index contributed by atoms with van der Waals surface area (Å²) < 4.78 is 17.9. The third kappa shape index (κ3) is 5.27. The van der Waals surface area contributed by atoms with E-state index >= 15 is 0 Å². The molecule has 0 aromatic heterocycles. The normalized spacial score (nSPS) is 23.4. The average Bonchev–Trinajstić information content (AvgIpc) is 2.64. The summed E-state index contributed by atoms with van der Waals surface area (Å²) in [6.45, 7) is 3.48. The van der Waals surface area contributed by atoms with Gasteiger partial charge in [0.15, 0.2) is 5.78 Å². The molecule has 0 spiro atoms. The molecule has 0 fully saturated rings. The van der Waals surface area contributed by atoms with Gasteiger partial charge in [-0.25, -0.2) is 9.18 Å². The van der Waals surface area contributed by atoms with E-state index in [2.05, 4.69) is 4.74 Å². The van der Waals surface area contributed by atoms with Gasteiger partial charge in [-0.05, 0) is 53.8 Å². The van der Waals surface area contributed by atoms with E-state index in [0.29, 0.717) is 16.7 Å². The Balaban J connectivity index is 2.36. The van der Waals surface area contributed by atoms with Crippen LogP contribution in [0.1, 0.15) is 25.8 Å². The molecule has 2 atom stereocenters. The predicted molar refractivity (Wildman–Crippen MR) is 107 cm³/mol. The molecule has 1 aliphatic carbocycles. The molecule has 0 unspecified atom stereocenters. The fourth-order valence-electron chi connectivity index (χ4n) is 2.89. The van der Waals surface area contributed by atoms with Gasteiger partial charge in [0, 0.05) is 12.5 Å². The van der Waals surface area contributed by atoms with Crippen LogP contribution in [0.3, 0.4) is 0 Å². The van der Waals surface area contributed by atoms with Crippen molar-refractivity contribution in [2.75, 3.05) is 7.11 Å². The third-order valence-corrected chi connectivity index (χ3v) is 4.87. The van der Waals surface area contributed by atoms with Crippen molar-refractivity contribution in [3.05, 3.63) is 76.1 Å². The second-order valence-electron chi connectivity index (χ2n) is 6.75. The zero-order valence-corrected chi connectivity index (χ0v) is 16.7. The minimum absolute atomic E-state index is 0.0112. The van der Waals surface area contributed by atoms with Crippen molar-refractivity contribution in [3.8, 4) is 0 Å². The standard InChI is InChI=1S/C22H22ClFO4/c1-14(10-21(26)28-3)8-9-22(27)15(2)11-18(25)13-17(22)6-4-16-5-7-20(24)19(23)12-16/h4-10,12-13,15,27H,11H2,1-3H3/b6-4+,9-8+,14-10-/t15-,22+/m1/s1. The van der Waals surface area contributed by atoms with E-state index in [9.17, 15) is 19.1 Å². The Hall–Kier alpha value is -2.50. The average molecular weight is 405 g/mol. The molecule has 1 N–H and O–H groups in total. The zero-order chi connectivity index (χ0) is 20.9. The van der Waals surface area contributed by atoms with Crippen LogP contribution in [0, 0.1) is 11.7 Å². The SMILES string of the molecule is COC(=O)/C=C(C)\C=C\[C@@]1(O)C(/C=C/c2ccc(F)c(Cl)c2)=CC(=O)C[C@H]1C. The van der Waals surface area contributed by atoms with E-state index in [0.717, 1.165) is 0 Å². The van der Waals surface area contributed by atoms with E-state index < -0.39 is 17.4 Å². The Morgan fingerprint density at radius 2 is 2.11 bits per heavy atom. The molecule has 0 aliphatic heterocycles. The van der Waals surface area contributed by atoms with E-state index in [1.165, 1.54) is 31.4 Å². The first-order valence-corrected chi connectivity index (χ1v) is 9.09. The van der Waals surface area contributed by atoms with Crippen LogP contribution in [0.4, 0.5) is 4.39 Å². The number of carbonyl (C=O) groups excluding carboxylic acids is 2. The number of esters is 1. The summed E-state index contributed by atoms with van der Waals surface area (Å²) in [5.41, 5.74) is 0.224. The molecule has 0 saturated carbocycles. The first-order valence-electron chi connectivity index (χ1n) is 8.71. The summed E-state index contributed by atoms with van der Waals surface area (Å²) in [4.78, 5) is 23.4. The van der Waals surface area contributed by atoms with E-state index in [1.807, 2.05) is 0 Å². The molecule has 0 saturated heterocycles. The van der Waals surface area contributed by atoms with Gasteiger partial charge in [-0.2, -0.15) is 0 Å². The van der Waals surface area contributed by atoms with Gasteiger partial charge in [0.05, 0.1) is 12.1 Å². The van der Waals surface area contributed by atoms with Crippen molar-refractivity contribution in [2.24, 2.45) is 5.92 Å². The monoisotopic (exact) mass is 404 g/mol. The van der Waals surface area contributed by atoms with Gasteiger partial charge < -0.3 is 9.84 Å². The van der Waals surface area contributed by atoms with Gasteiger partial charge in [-0.1, -0.05) is 42.8 Å². The van der Waals surface area contributed by atoms with Crippen molar-refractivity contribution in [3.63, 3.8) is 0 Å². The number of aliphatic hydroxyl groups is 1. The number of rotatable bonds is 5. The molecule has 0 heterocycles. The van der Waals surface area contributed by atoms with Gasteiger partial charge in [0.25, 0.3) is 0 Å². The number of hydrogen-bond acceptors (Lipinski definition) is 4. The summed E-state index contributed by atoms with van der Waals surface area (Å²) in [5.74, 6) is -1.48. The Kier molecular flexibility index (Phi) is 7.11. The summed E-state index contributed by atoms with van der Waals surface area (Å²) in [5, 5.41) is 11.2. The van der Waals surface area contributed by atoms with Crippen molar-refractivity contribution >= 4 is 29.4 Å². The molecule has 6 heteroatoms. The number of methoxy groups -OCH3 is 1. The Morgan fingerprint density at radius 3 is 2.75 bits per heavy atom. The maximum atomic E-state index is 13.3. The number of carbonyl (C=O) groups is 2. The number of ketones is 1. The molecule has 2 rings (SSSR count). The summed E-state index contributed by atoms with van der Waals surface area (Å²) in [7, 11) is 1.28. The zero-order valence-electron chi connectivity index (χ0n) is 15.9. The van der Waals surface area contributed by atoms with Crippen LogP contribution in [-0.2, 0) is 14.3 Å². The van der Waals surface area contributed by atoms with Crippen LogP contribution in [0.2, 0.25) is 5.02 Å². The molecule has 148 valence electrons. The molecule has 1 aromatic rings. The summed E-state index contributed by atoms with van der Waals surface area (Å²) in [6, 6.07) is 4.25. The molecule has 1 aromatic carbocycles. The second kappa shape index (κ2) is 9.13. The van der Waals surface area contributed by atoms with Crippen LogP contribution < -0.4 is 0 Å². The molecule has 1 aliphatic rings. The van der Waals surface area contributed by atoms with E-state index in [-0.39, 0.29) is 23.1 Å². The van der Waals surface area contributed by atoms with E-state index in [1.54, 1.807) is 44.2 Å². The molecule has 4 nitrogen and oxygen atoms in total. The molecular weight excluding hydrogens is 383 g/mol. The Morgan fingerprint density at radius 1 is 1.39 bits per heavy atom. The van der Waals surface area contributed by atoms with Crippen molar-refractivity contribution < 1.29 is 23.8 Å². The summed E-state index contributed by atoms with van der Waals surface area (Å²) in [6.07, 6.45) is 9.33. The Bertz CT molecular complexity index is 898. The van der Waals surface area contributed by atoms with Crippen LogP contribution >= 0.6 is 11.6 Å². The lowest BCUT2D eigenvalue weighted by molar-refractivity contribution is -0.134. The van der Waals surface area contributed by atoms with Gasteiger partial charge in [0.1, 0.15) is 11.4 Å². The molecule has 28 heavy (non-hydrogen) atoms. The van der Waals surface area contributed by atoms with Crippen LogP contribution in [-0.4, -0.2) is 29.6 Å². The topological polar surface area (TPSA) is 63.6 Å². The predicted octanol–water partition coefficient (Wildman–Crippen LogP) is 4.43. The van der Waals surface area contributed by atoms with Crippen molar-refractivity contribution in [1.82, 2.24) is 0 Å². The number of ether oxygens (including phenoxy) is 1. The molecular formula is C22H22ClFO4. The van der Waals surface area contributed by atoms with Gasteiger partial charge in [-0.3, -0.25) is 4.79 Å². The number of halogens is 2. The fraction of sp³-hybridized carbons (Fsp3) is 0.273. The Labute approximate surface area is 168 Å². The quantitative estimate of drug-likeness (QED) is 0.448. The van der Waals surface area contributed by atoms with Crippen LogP contribution in [0.5, 0.6) is 0 Å². The maximum absolute atomic E-state index is 13.3. The van der Waals surface area contributed by atoms with Crippen molar-refractivity contribution in [2.45, 2.75) is 25.9 Å². The van der Waals surface area contributed by atoms with E-state index in [4.69, 9.17) is 11.6 Å². The minimum atomic E-state index is -1.40. The fourth-order valence-corrected chi connectivity index (χ4v) is 3.07. The first-order chi connectivity index (χ1) is 13.2. The molecule has 0 bridgehead atoms. The first kappa shape index (κ1) is 21.8. The lowest BCUT2D eigenvalue weighted by Gasteiger charge is -2.35. The van der Waals surface area contributed by atoms with Crippen molar-refractivity contribution in [1.29, 1.82) is 0 Å². The van der Waals surface area contributed by atoms with Crippen LogP contribution in [0.15, 0.2) is 59.7 Å². The molecule has 0 radical (unpaired) electrons. The second-order valence-corrected chi connectivity index (χ2v) is 7.16. The number of hydrogen-bond donors (Lipinski definition) is 1. The minimum Gasteiger partial charge on any atom is -0.466 e. The number of allylic oxidation sites excluding steroid dienone is 3. The van der Waals surface area contributed by atoms with Gasteiger partial charge in [0.2, 0.25) is 0 Å². The highest BCUT2D eigenvalue weighted by Gasteiger charge is 2.38.